The van der Waals surface area contributed by atoms with Crippen molar-refractivity contribution in [3.8, 4) is 0 Å². The molecule has 0 fully saturated rings. The molecule has 0 aliphatic carbocycles. The van der Waals surface area contributed by atoms with Crippen LogP contribution in [0.3, 0.4) is 0 Å². The standard InChI is InChI=1S/C12H15Cl3FNO2S/c1-17(8-4-2-3-7-13)20(18,19)10-6-5-9(14)12(16)11(10)15/h5-6H,2-4,7-8H2,1H3. The fourth-order valence-corrected chi connectivity index (χ4v) is 3.71. The van der Waals surface area contributed by atoms with Crippen molar-refractivity contribution in [2.24, 2.45) is 0 Å². The van der Waals surface area contributed by atoms with Crippen LogP contribution in [0.25, 0.3) is 0 Å². The van der Waals surface area contributed by atoms with Crippen molar-refractivity contribution in [1.29, 1.82) is 0 Å². The minimum absolute atomic E-state index is 0.210. The second kappa shape index (κ2) is 7.80. The second-order valence-corrected chi connectivity index (χ2v) is 7.43. The maximum Gasteiger partial charge on any atom is 0.244 e. The summed E-state index contributed by atoms with van der Waals surface area (Å²) in [4.78, 5) is -0.277. The summed E-state index contributed by atoms with van der Waals surface area (Å²) in [6.45, 7) is 0.319. The monoisotopic (exact) mass is 361 g/mol. The summed E-state index contributed by atoms with van der Waals surface area (Å²) >= 11 is 16.8. The molecule has 0 radical (unpaired) electrons. The number of unbranched alkanes of at least 4 members (excludes halogenated alkanes) is 2. The fourth-order valence-electron chi connectivity index (χ4n) is 1.60. The van der Waals surface area contributed by atoms with E-state index in [0.717, 1.165) is 17.1 Å². The van der Waals surface area contributed by atoms with Gasteiger partial charge in [0, 0.05) is 19.5 Å². The molecule has 0 spiro atoms. The van der Waals surface area contributed by atoms with Gasteiger partial charge in [-0.3, -0.25) is 0 Å². The molecular formula is C12H15Cl3FNO2S. The Kier molecular flexibility index (Phi) is 7.01. The maximum absolute atomic E-state index is 13.6. The average Bonchev–Trinajstić information content (AvgIpc) is 2.40. The number of benzene rings is 1. The molecule has 1 rings (SSSR count). The summed E-state index contributed by atoms with van der Waals surface area (Å²) < 4.78 is 39.3. The Labute approximate surface area is 133 Å². The van der Waals surface area contributed by atoms with Crippen molar-refractivity contribution >= 4 is 44.8 Å². The molecule has 114 valence electrons. The molecule has 0 bridgehead atoms. The SMILES string of the molecule is CN(CCCCCCl)S(=O)(=O)c1ccc(Cl)c(F)c1Cl. The first-order chi connectivity index (χ1) is 9.32. The molecule has 1 aromatic carbocycles. The molecular weight excluding hydrogens is 348 g/mol. The van der Waals surface area contributed by atoms with Crippen molar-refractivity contribution in [2.75, 3.05) is 19.5 Å². The highest BCUT2D eigenvalue weighted by atomic mass is 35.5. The molecule has 0 atom stereocenters. The van der Waals surface area contributed by atoms with Gasteiger partial charge in [-0.05, 0) is 25.0 Å². The fraction of sp³-hybridized carbons (Fsp3) is 0.500. The van der Waals surface area contributed by atoms with Gasteiger partial charge < -0.3 is 0 Å². The van der Waals surface area contributed by atoms with E-state index in [-0.39, 0.29) is 9.92 Å². The zero-order valence-corrected chi connectivity index (χ0v) is 14.0. The quantitative estimate of drug-likeness (QED) is 0.415. The van der Waals surface area contributed by atoms with Crippen LogP contribution in [-0.4, -0.2) is 32.2 Å². The first-order valence-electron chi connectivity index (χ1n) is 5.98. The van der Waals surface area contributed by atoms with Crippen molar-refractivity contribution in [3.63, 3.8) is 0 Å². The Morgan fingerprint density at radius 1 is 1.20 bits per heavy atom. The Hall–Kier alpha value is -0.0700. The van der Waals surface area contributed by atoms with E-state index >= 15 is 0 Å². The summed E-state index contributed by atoms with van der Waals surface area (Å²) in [5, 5.41) is -0.691. The summed E-state index contributed by atoms with van der Waals surface area (Å²) in [6, 6.07) is 2.38. The number of hydrogen-bond acceptors (Lipinski definition) is 2. The van der Waals surface area contributed by atoms with Crippen LogP contribution in [0.1, 0.15) is 19.3 Å². The van der Waals surface area contributed by atoms with Crippen molar-refractivity contribution in [2.45, 2.75) is 24.2 Å². The van der Waals surface area contributed by atoms with E-state index in [1.54, 1.807) is 0 Å². The Balaban J connectivity index is 2.91. The average molecular weight is 363 g/mol. The van der Waals surface area contributed by atoms with Crippen LogP contribution in [0.2, 0.25) is 10.0 Å². The summed E-state index contributed by atoms with van der Waals surface area (Å²) in [5.41, 5.74) is 0. The molecule has 0 heterocycles. The minimum Gasteiger partial charge on any atom is -0.207 e. The molecule has 0 aliphatic rings. The van der Waals surface area contributed by atoms with Gasteiger partial charge in [0.1, 0.15) is 4.90 Å². The summed E-state index contributed by atoms with van der Waals surface area (Å²) in [5.74, 6) is -0.380. The lowest BCUT2D eigenvalue weighted by molar-refractivity contribution is 0.454. The van der Waals surface area contributed by atoms with Crippen LogP contribution in [0, 0.1) is 5.82 Å². The van der Waals surface area contributed by atoms with Gasteiger partial charge in [0.15, 0.2) is 5.82 Å². The third kappa shape index (κ3) is 4.21. The van der Waals surface area contributed by atoms with E-state index in [2.05, 4.69) is 0 Å². The largest absolute Gasteiger partial charge is 0.244 e. The van der Waals surface area contributed by atoms with Gasteiger partial charge in [-0.15, -0.1) is 11.6 Å². The molecule has 0 unspecified atom stereocenters. The predicted molar refractivity (Wildman–Crippen MR) is 80.8 cm³/mol. The van der Waals surface area contributed by atoms with Gasteiger partial charge >= 0.3 is 0 Å². The lowest BCUT2D eigenvalue weighted by atomic mass is 10.2. The van der Waals surface area contributed by atoms with Gasteiger partial charge in [-0.2, -0.15) is 0 Å². The molecule has 1 aromatic rings. The first-order valence-corrected chi connectivity index (χ1v) is 8.71. The molecule has 0 saturated carbocycles. The van der Waals surface area contributed by atoms with Crippen molar-refractivity contribution in [1.82, 2.24) is 4.31 Å². The highest BCUT2D eigenvalue weighted by molar-refractivity contribution is 7.89. The van der Waals surface area contributed by atoms with Gasteiger partial charge in [-0.1, -0.05) is 29.6 Å². The molecule has 0 aromatic heterocycles. The van der Waals surface area contributed by atoms with Crippen LogP contribution in [-0.2, 0) is 10.0 Å². The molecule has 20 heavy (non-hydrogen) atoms. The van der Waals surface area contributed by atoms with Gasteiger partial charge in [-0.25, -0.2) is 17.1 Å². The molecule has 0 N–H and O–H groups in total. The van der Waals surface area contributed by atoms with Gasteiger partial charge in [0.05, 0.1) is 10.0 Å². The van der Waals surface area contributed by atoms with E-state index in [1.165, 1.54) is 19.2 Å². The van der Waals surface area contributed by atoms with Crippen LogP contribution in [0.4, 0.5) is 4.39 Å². The van der Waals surface area contributed by atoms with E-state index in [9.17, 15) is 12.8 Å². The highest BCUT2D eigenvalue weighted by Gasteiger charge is 2.25. The van der Waals surface area contributed by atoms with Crippen LogP contribution in [0.5, 0.6) is 0 Å². The number of alkyl halides is 1. The van der Waals surface area contributed by atoms with Crippen LogP contribution >= 0.6 is 34.8 Å². The lowest BCUT2D eigenvalue weighted by Crippen LogP contribution is -2.28. The third-order valence-electron chi connectivity index (χ3n) is 2.79. The molecule has 0 amide bonds. The Morgan fingerprint density at radius 3 is 2.45 bits per heavy atom. The van der Waals surface area contributed by atoms with Gasteiger partial charge in [0.2, 0.25) is 10.0 Å². The predicted octanol–water partition coefficient (Wildman–Crippen LogP) is 4.16. The van der Waals surface area contributed by atoms with Crippen LogP contribution in [0.15, 0.2) is 17.0 Å². The number of hydrogen-bond donors (Lipinski definition) is 0. The topological polar surface area (TPSA) is 37.4 Å². The lowest BCUT2D eigenvalue weighted by Gasteiger charge is -2.18. The van der Waals surface area contributed by atoms with E-state index in [1.807, 2.05) is 0 Å². The zero-order valence-electron chi connectivity index (χ0n) is 10.9. The summed E-state index contributed by atoms with van der Waals surface area (Å²) in [7, 11) is -2.40. The third-order valence-corrected chi connectivity index (χ3v) is 5.73. The smallest absolute Gasteiger partial charge is 0.207 e. The molecule has 3 nitrogen and oxygen atoms in total. The second-order valence-electron chi connectivity index (χ2n) is 4.25. The number of nitrogens with zero attached hydrogens (tertiary/aromatic N) is 1. The number of sulfonamides is 1. The van der Waals surface area contributed by atoms with Crippen LogP contribution < -0.4 is 0 Å². The van der Waals surface area contributed by atoms with E-state index in [4.69, 9.17) is 34.8 Å². The normalized spacial score (nSPS) is 12.1. The molecule has 0 aliphatic heterocycles. The molecule has 0 saturated heterocycles. The zero-order chi connectivity index (χ0) is 15.3. The Bertz CT molecular complexity index is 566. The van der Waals surface area contributed by atoms with Gasteiger partial charge in [0.25, 0.3) is 0 Å². The molecule has 8 heteroatoms. The maximum atomic E-state index is 13.6. The van der Waals surface area contributed by atoms with E-state index in [0.29, 0.717) is 18.8 Å². The summed E-state index contributed by atoms with van der Waals surface area (Å²) in [6.07, 6.45) is 2.33. The number of rotatable bonds is 7. The number of halogens is 4. The Morgan fingerprint density at radius 2 is 1.85 bits per heavy atom. The first kappa shape index (κ1) is 18.0. The highest BCUT2D eigenvalue weighted by Crippen LogP contribution is 2.30. The van der Waals surface area contributed by atoms with Crippen molar-refractivity contribution in [3.05, 3.63) is 28.0 Å². The van der Waals surface area contributed by atoms with Crippen molar-refractivity contribution < 1.29 is 12.8 Å². The van der Waals surface area contributed by atoms with E-state index < -0.39 is 20.9 Å². The minimum atomic E-state index is -3.83.